The highest BCUT2D eigenvalue weighted by Crippen LogP contribution is 2.70. The summed E-state index contributed by atoms with van der Waals surface area (Å²) < 4.78 is 19.2. The van der Waals surface area contributed by atoms with Crippen molar-refractivity contribution in [3.05, 3.63) is 41.7 Å². The van der Waals surface area contributed by atoms with Crippen LogP contribution in [0.4, 0.5) is 0 Å². The third-order valence-electron chi connectivity index (χ3n) is 3.79. The second-order valence-corrected chi connectivity index (χ2v) is 11.1. The number of rotatable bonds is 1. The maximum atomic E-state index is 13.7. The molecule has 2 nitrogen and oxygen atoms in total. The van der Waals surface area contributed by atoms with Crippen molar-refractivity contribution in [3.8, 4) is 0 Å². The molecule has 2 rings (SSSR count). The predicted octanol–water partition coefficient (Wildman–Crippen LogP) is 5.69. The van der Waals surface area contributed by atoms with Gasteiger partial charge in [-0.25, -0.2) is 0 Å². The van der Waals surface area contributed by atoms with Crippen LogP contribution in [-0.4, -0.2) is 4.51 Å². The molecule has 1 aliphatic heterocycles. The van der Waals surface area contributed by atoms with E-state index in [0.717, 1.165) is 10.6 Å². The van der Waals surface area contributed by atoms with Gasteiger partial charge in [0.1, 0.15) is 0 Å². The van der Waals surface area contributed by atoms with E-state index in [1.54, 1.807) is 0 Å². The fourth-order valence-corrected chi connectivity index (χ4v) is 6.35. The molecule has 1 aliphatic rings. The van der Waals surface area contributed by atoms with Crippen LogP contribution in [0.3, 0.4) is 0 Å². The Hall–Kier alpha value is -0.370. The molecule has 0 fully saturated rings. The Morgan fingerprint density at radius 1 is 1.05 bits per heavy atom. The summed E-state index contributed by atoms with van der Waals surface area (Å²) >= 11 is 3.70. The van der Waals surface area contributed by atoms with E-state index in [9.17, 15) is 4.57 Å². The predicted molar refractivity (Wildman–Crippen MR) is 93.4 cm³/mol. The van der Waals surface area contributed by atoms with Gasteiger partial charge in [0.15, 0.2) is 4.51 Å². The summed E-state index contributed by atoms with van der Waals surface area (Å²) in [5.74, 6) is 0. The lowest BCUT2D eigenvalue weighted by Crippen LogP contribution is -2.35. The molecule has 0 N–H and O–H groups in total. The van der Waals surface area contributed by atoms with Crippen molar-refractivity contribution in [2.45, 2.75) is 46.1 Å². The van der Waals surface area contributed by atoms with Gasteiger partial charge in [0.05, 0.1) is 0 Å². The molecule has 1 heterocycles. The van der Waals surface area contributed by atoms with Crippen LogP contribution >= 0.6 is 23.3 Å². The summed E-state index contributed by atoms with van der Waals surface area (Å²) in [5.41, 5.74) is -0.420. The van der Waals surface area contributed by atoms with Crippen LogP contribution in [0.1, 0.15) is 41.5 Å². The van der Waals surface area contributed by atoms with E-state index in [1.165, 1.54) is 0 Å². The molecule has 0 aliphatic carbocycles. The monoisotopic (exact) mass is 370 g/mol. The van der Waals surface area contributed by atoms with E-state index < -0.39 is 11.9 Å². The van der Waals surface area contributed by atoms with Crippen molar-refractivity contribution in [3.63, 3.8) is 0 Å². The summed E-state index contributed by atoms with van der Waals surface area (Å²) in [7, 11) is -3.06. The van der Waals surface area contributed by atoms with Crippen LogP contribution in [-0.2, 0) is 9.09 Å². The Labute approximate surface area is 136 Å². The van der Waals surface area contributed by atoms with Crippen molar-refractivity contribution in [1.29, 1.82) is 0 Å². The molecule has 0 aromatic heterocycles. The maximum Gasteiger partial charge on any atom is 0.259 e. The molecule has 0 saturated carbocycles. The van der Waals surface area contributed by atoms with E-state index in [0.29, 0.717) is 0 Å². The molecule has 0 spiro atoms. The van der Waals surface area contributed by atoms with Crippen LogP contribution in [0, 0.1) is 10.8 Å². The molecule has 0 radical (unpaired) electrons. The Balaban J connectivity index is 2.64. The van der Waals surface area contributed by atoms with Crippen molar-refractivity contribution in [2.24, 2.45) is 10.8 Å². The highest BCUT2D eigenvalue weighted by atomic mass is 79.9. The Morgan fingerprint density at radius 2 is 1.57 bits per heavy atom. The van der Waals surface area contributed by atoms with Gasteiger partial charge >= 0.3 is 0 Å². The zero-order chi connectivity index (χ0) is 16.1. The molecular formula is C17H24BrO2P. The average Bonchev–Trinajstić information content (AvgIpc) is 2.64. The van der Waals surface area contributed by atoms with Crippen LogP contribution in [0.5, 0.6) is 0 Å². The molecule has 1 aromatic carbocycles. The SMILES string of the molecule is CC(C)(C)C1=C[C@](Br)(C(C)(C)C)OP1(=O)c1ccccc1. The van der Waals surface area contributed by atoms with E-state index in [-0.39, 0.29) is 10.8 Å². The van der Waals surface area contributed by atoms with E-state index in [4.69, 9.17) is 4.52 Å². The molecule has 0 bridgehead atoms. The van der Waals surface area contributed by atoms with Gasteiger partial charge in [0.25, 0.3) is 7.37 Å². The van der Waals surface area contributed by atoms with Crippen molar-refractivity contribution in [2.75, 3.05) is 0 Å². The lowest BCUT2D eigenvalue weighted by molar-refractivity contribution is 0.117. The first-order chi connectivity index (χ1) is 9.40. The largest absolute Gasteiger partial charge is 0.299 e. The molecule has 0 saturated heterocycles. The van der Waals surface area contributed by atoms with Crippen molar-refractivity contribution < 1.29 is 9.09 Å². The second-order valence-electron chi connectivity index (χ2n) is 7.65. The number of benzene rings is 1. The standard InChI is InChI=1S/C17H24BrO2P/c1-15(2,3)14-12-17(18,16(4,5)6)20-21(14,19)13-10-8-7-9-11-13/h7-12H,1-6H3/t17-,21?/m1/s1. The first kappa shape index (κ1) is 17.0. The molecule has 0 amide bonds. The molecule has 1 aromatic rings. The quantitative estimate of drug-likeness (QED) is 0.468. The fourth-order valence-electron chi connectivity index (χ4n) is 2.35. The van der Waals surface area contributed by atoms with Gasteiger partial charge in [0.2, 0.25) is 0 Å². The average molecular weight is 371 g/mol. The van der Waals surface area contributed by atoms with Gasteiger partial charge in [-0.1, -0.05) is 59.7 Å². The molecule has 116 valence electrons. The van der Waals surface area contributed by atoms with Crippen LogP contribution in [0.2, 0.25) is 0 Å². The first-order valence-electron chi connectivity index (χ1n) is 7.19. The first-order valence-corrected chi connectivity index (χ1v) is 9.61. The minimum absolute atomic E-state index is 0.204. The zero-order valence-corrected chi connectivity index (χ0v) is 16.1. The smallest absolute Gasteiger partial charge is 0.259 e. The van der Waals surface area contributed by atoms with E-state index >= 15 is 0 Å². The number of hydrogen-bond acceptors (Lipinski definition) is 2. The summed E-state index contributed by atoms with van der Waals surface area (Å²) in [6.07, 6.45) is 2.03. The Kier molecular flexibility index (Phi) is 4.11. The highest BCUT2D eigenvalue weighted by molar-refractivity contribution is 9.10. The molecule has 2 atom stereocenters. The van der Waals surface area contributed by atoms with Gasteiger partial charge < -0.3 is 0 Å². The van der Waals surface area contributed by atoms with Gasteiger partial charge in [-0.2, -0.15) is 0 Å². The summed E-state index contributed by atoms with van der Waals surface area (Å²) in [5, 5.41) is 1.64. The van der Waals surface area contributed by atoms with E-state index in [1.807, 2.05) is 36.4 Å². The molecule has 21 heavy (non-hydrogen) atoms. The number of halogens is 1. The Bertz CT molecular complexity index is 608. The summed E-state index contributed by atoms with van der Waals surface area (Å²) in [6.45, 7) is 12.5. The highest BCUT2D eigenvalue weighted by Gasteiger charge is 2.54. The maximum absolute atomic E-state index is 13.7. The molecule has 1 unspecified atom stereocenters. The van der Waals surface area contributed by atoms with Gasteiger partial charge in [-0.15, -0.1) is 0 Å². The third-order valence-corrected chi connectivity index (χ3v) is 8.58. The van der Waals surface area contributed by atoms with Gasteiger partial charge in [0, 0.05) is 16.0 Å². The third kappa shape index (κ3) is 2.93. The summed E-state index contributed by atoms with van der Waals surface area (Å²) in [6, 6.07) is 9.52. The van der Waals surface area contributed by atoms with Gasteiger partial charge in [-0.3, -0.25) is 9.09 Å². The number of alkyl halides is 1. The lowest BCUT2D eigenvalue weighted by Gasteiger charge is -2.35. The molecular weight excluding hydrogens is 347 g/mol. The Morgan fingerprint density at radius 3 is 2.00 bits per heavy atom. The van der Waals surface area contributed by atoms with Crippen molar-refractivity contribution >= 4 is 28.6 Å². The summed E-state index contributed by atoms with van der Waals surface area (Å²) in [4.78, 5) is 0. The van der Waals surface area contributed by atoms with Crippen LogP contribution < -0.4 is 5.30 Å². The zero-order valence-electron chi connectivity index (χ0n) is 13.6. The van der Waals surface area contributed by atoms with Crippen molar-refractivity contribution in [1.82, 2.24) is 0 Å². The fraction of sp³-hybridized carbons (Fsp3) is 0.529. The lowest BCUT2D eigenvalue weighted by atomic mass is 9.86. The number of allylic oxidation sites excluding steroid dienone is 1. The minimum Gasteiger partial charge on any atom is -0.299 e. The second kappa shape index (κ2) is 5.08. The normalized spacial score (nSPS) is 30.3. The van der Waals surface area contributed by atoms with E-state index in [2.05, 4.69) is 57.5 Å². The topological polar surface area (TPSA) is 26.3 Å². The number of hydrogen-bond donors (Lipinski definition) is 0. The van der Waals surface area contributed by atoms with Crippen LogP contribution in [0.15, 0.2) is 41.7 Å². The molecule has 4 heteroatoms. The van der Waals surface area contributed by atoms with Gasteiger partial charge in [-0.05, 0) is 39.6 Å². The van der Waals surface area contributed by atoms with Crippen LogP contribution in [0.25, 0.3) is 0 Å². The minimum atomic E-state index is -3.06.